The average Bonchev–Trinajstić information content (AvgIpc) is 2.76. The predicted octanol–water partition coefficient (Wildman–Crippen LogP) is 3.08. The van der Waals surface area contributed by atoms with Gasteiger partial charge in [0, 0.05) is 18.6 Å². The number of nitrogens with one attached hydrogen (secondary N) is 2. The Kier molecular flexibility index (Phi) is 4.87. The van der Waals surface area contributed by atoms with E-state index in [2.05, 4.69) is 24.5 Å². The first-order valence-electron chi connectivity index (χ1n) is 7.65. The minimum absolute atomic E-state index is 0.592. The van der Waals surface area contributed by atoms with E-state index in [1.165, 1.54) is 64.5 Å². The van der Waals surface area contributed by atoms with Gasteiger partial charge in [0.25, 0.3) is 0 Å². The molecule has 2 unspecified atom stereocenters. The zero-order chi connectivity index (χ0) is 12.1. The topological polar surface area (TPSA) is 24.1 Å². The maximum atomic E-state index is 3.77. The van der Waals surface area contributed by atoms with Crippen molar-refractivity contribution in [2.45, 2.75) is 77.3 Å². The van der Waals surface area contributed by atoms with E-state index in [9.17, 15) is 0 Å². The minimum atomic E-state index is 0.592. The third kappa shape index (κ3) is 4.26. The fourth-order valence-corrected chi connectivity index (χ4v) is 3.46. The smallest absolute Gasteiger partial charge is 0.00817 e. The second kappa shape index (κ2) is 6.19. The van der Waals surface area contributed by atoms with Crippen molar-refractivity contribution in [3.63, 3.8) is 0 Å². The van der Waals surface area contributed by atoms with Crippen molar-refractivity contribution >= 4 is 0 Å². The summed E-state index contributed by atoms with van der Waals surface area (Å²) in [6.07, 6.45) is 11.2. The molecule has 0 spiro atoms. The first kappa shape index (κ1) is 13.4. The third-order valence-corrected chi connectivity index (χ3v) is 4.74. The Hall–Kier alpha value is -0.0800. The lowest BCUT2D eigenvalue weighted by molar-refractivity contribution is 0.280. The summed E-state index contributed by atoms with van der Waals surface area (Å²) in [6.45, 7) is 7.27. The quantitative estimate of drug-likeness (QED) is 0.769. The summed E-state index contributed by atoms with van der Waals surface area (Å²) in [4.78, 5) is 0. The SMILES string of the molecule is CC(CC1CCCCN1)NCC1(C)CCCC1. The maximum Gasteiger partial charge on any atom is 0.00817 e. The molecule has 2 rings (SSSR count). The molecule has 1 saturated carbocycles. The monoisotopic (exact) mass is 238 g/mol. The molecular formula is C15H30N2. The van der Waals surface area contributed by atoms with Gasteiger partial charge in [-0.15, -0.1) is 0 Å². The van der Waals surface area contributed by atoms with Gasteiger partial charge >= 0.3 is 0 Å². The molecule has 0 bridgehead atoms. The average molecular weight is 238 g/mol. The highest BCUT2D eigenvalue weighted by atomic mass is 15.0. The Morgan fingerprint density at radius 3 is 2.65 bits per heavy atom. The van der Waals surface area contributed by atoms with Gasteiger partial charge in [0.1, 0.15) is 0 Å². The first-order valence-corrected chi connectivity index (χ1v) is 7.65. The van der Waals surface area contributed by atoms with Crippen LogP contribution in [0.4, 0.5) is 0 Å². The second-order valence-electron chi connectivity index (χ2n) is 6.68. The summed E-state index contributed by atoms with van der Waals surface area (Å²) in [5, 5.41) is 7.42. The Morgan fingerprint density at radius 1 is 1.24 bits per heavy atom. The number of rotatable bonds is 5. The summed E-state index contributed by atoms with van der Waals surface area (Å²) < 4.78 is 0. The van der Waals surface area contributed by atoms with Crippen LogP contribution in [0.2, 0.25) is 0 Å². The Labute approximate surface area is 107 Å². The fraction of sp³-hybridized carbons (Fsp3) is 1.00. The maximum absolute atomic E-state index is 3.77. The minimum Gasteiger partial charge on any atom is -0.314 e. The van der Waals surface area contributed by atoms with E-state index in [1.807, 2.05) is 0 Å². The van der Waals surface area contributed by atoms with Crippen molar-refractivity contribution in [1.82, 2.24) is 10.6 Å². The van der Waals surface area contributed by atoms with Crippen LogP contribution >= 0.6 is 0 Å². The van der Waals surface area contributed by atoms with Crippen LogP contribution in [0, 0.1) is 5.41 Å². The van der Waals surface area contributed by atoms with Gasteiger partial charge < -0.3 is 10.6 Å². The molecular weight excluding hydrogens is 208 g/mol. The molecule has 0 radical (unpaired) electrons. The van der Waals surface area contributed by atoms with E-state index < -0.39 is 0 Å². The van der Waals surface area contributed by atoms with Crippen LogP contribution in [0.15, 0.2) is 0 Å². The van der Waals surface area contributed by atoms with Crippen LogP contribution in [-0.2, 0) is 0 Å². The predicted molar refractivity (Wildman–Crippen MR) is 74.3 cm³/mol. The summed E-state index contributed by atoms with van der Waals surface area (Å²) in [7, 11) is 0. The molecule has 0 amide bonds. The van der Waals surface area contributed by atoms with Crippen LogP contribution in [0.3, 0.4) is 0 Å². The highest BCUT2D eigenvalue weighted by Gasteiger charge is 2.28. The van der Waals surface area contributed by atoms with E-state index in [0.29, 0.717) is 11.5 Å². The molecule has 2 nitrogen and oxygen atoms in total. The third-order valence-electron chi connectivity index (χ3n) is 4.74. The van der Waals surface area contributed by atoms with E-state index in [1.54, 1.807) is 0 Å². The van der Waals surface area contributed by atoms with E-state index in [4.69, 9.17) is 0 Å². The molecule has 0 aromatic carbocycles. The van der Waals surface area contributed by atoms with Gasteiger partial charge in [-0.25, -0.2) is 0 Å². The molecule has 2 heteroatoms. The summed E-state index contributed by atoms with van der Waals surface area (Å²) >= 11 is 0. The van der Waals surface area contributed by atoms with Crippen LogP contribution in [0.1, 0.15) is 65.2 Å². The molecule has 0 aromatic rings. The highest BCUT2D eigenvalue weighted by molar-refractivity contribution is 4.84. The van der Waals surface area contributed by atoms with Crippen molar-refractivity contribution in [1.29, 1.82) is 0 Å². The van der Waals surface area contributed by atoms with Crippen molar-refractivity contribution < 1.29 is 0 Å². The molecule has 1 heterocycles. The zero-order valence-electron chi connectivity index (χ0n) is 11.7. The van der Waals surface area contributed by atoms with E-state index in [0.717, 1.165) is 6.04 Å². The van der Waals surface area contributed by atoms with Crippen molar-refractivity contribution in [2.24, 2.45) is 5.41 Å². The molecule has 1 saturated heterocycles. The second-order valence-corrected chi connectivity index (χ2v) is 6.68. The van der Waals surface area contributed by atoms with Crippen molar-refractivity contribution in [2.75, 3.05) is 13.1 Å². The van der Waals surface area contributed by atoms with Gasteiger partial charge in [-0.3, -0.25) is 0 Å². The molecule has 17 heavy (non-hydrogen) atoms. The van der Waals surface area contributed by atoms with Crippen molar-refractivity contribution in [3.05, 3.63) is 0 Å². The number of hydrogen-bond donors (Lipinski definition) is 2. The van der Waals surface area contributed by atoms with Gasteiger partial charge in [-0.05, 0) is 51.0 Å². The molecule has 2 aliphatic rings. The molecule has 2 fully saturated rings. The summed E-state index contributed by atoms with van der Waals surface area (Å²) in [6, 6.07) is 1.44. The normalized spacial score (nSPS) is 30.4. The molecule has 2 atom stereocenters. The lowest BCUT2D eigenvalue weighted by atomic mass is 9.88. The summed E-state index contributed by atoms with van der Waals surface area (Å²) in [5.41, 5.74) is 0.592. The first-order chi connectivity index (χ1) is 8.18. The van der Waals surface area contributed by atoms with Gasteiger partial charge in [0.05, 0.1) is 0 Å². The van der Waals surface area contributed by atoms with Crippen molar-refractivity contribution in [3.8, 4) is 0 Å². The molecule has 1 aliphatic heterocycles. The molecule has 100 valence electrons. The number of hydrogen-bond acceptors (Lipinski definition) is 2. The largest absolute Gasteiger partial charge is 0.314 e. The van der Waals surface area contributed by atoms with Gasteiger partial charge in [-0.1, -0.05) is 26.2 Å². The van der Waals surface area contributed by atoms with Crippen LogP contribution in [0.5, 0.6) is 0 Å². The standard InChI is InChI=1S/C15H30N2/c1-13(11-14-7-3-6-10-16-14)17-12-15(2)8-4-5-9-15/h13-14,16-17H,3-12H2,1-2H3. The Bertz CT molecular complexity index is 215. The van der Waals surface area contributed by atoms with Gasteiger partial charge in [0.15, 0.2) is 0 Å². The highest BCUT2D eigenvalue weighted by Crippen LogP contribution is 2.36. The van der Waals surface area contributed by atoms with Crippen LogP contribution in [-0.4, -0.2) is 25.2 Å². The molecule has 0 aromatic heterocycles. The fourth-order valence-electron chi connectivity index (χ4n) is 3.46. The van der Waals surface area contributed by atoms with E-state index in [-0.39, 0.29) is 0 Å². The lowest BCUT2D eigenvalue weighted by Crippen LogP contribution is -2.42. The van der Waals surface area contributed by atoms with Gasteiger partial charge in [0.2, 0.25) is 0 Å². The lowest BCUT2D eigenvalue weighted by Gasteiger charge is -2.30. The van der Waals surface area contributed by atoms with Crippen LogP contribution in [0.25, 0.3) is 0 Å². The Balaban J connectivity index is 1.64. The van der Waals surface area contributed by atoms with Crippen LogP contribution < -0.4 is 10.6 Å². The number of piperidine rings is 1. The van der Waals surface area contributed by atoms with Gasteiger partial charge in [-0.2, -0.15) is 0 Å². The zero-order valence-corrected chi connectivity index (χ0v) is 11.7. The molecule has 1 aliphatic carbocycles. The van der Waals surface area contributed by atoms with E-state index >= 15 is 0 Å². The summed E-state index contributed by atoms with van der Waals surface area (Å²) in [5.74, 6) is 0. The Morgan fingerprint density at radius 2 is 2.00 bits per heavy atom. The molecule has 2 N–H and O–H groups in total.